The molecule has 0 aliphatic carbocycles. The summed E-state index contributed by atoms with van der Waals surface area (Å²) in [6.45, 7) is 0. The zero-order chi connectivity index (χ0) is 8.84. The van der Waals surface area contributed by atoms with Gasteiger partial charge in [-0.1, -0.05) is 24.3 Å². The number of fused-ring (bicyclic) bond motifs is 2. The van der Waals surface area contributed by atoms with Gasteiger partial charge >= 0.3 is 5.97 Å². The Hall–Kier alpha value is -1.83. The number of benzene rings is 2. The topological polar surface area (TPSA) is 26.3 Å². The lowest BCUT2D eigenvalue weighted by atomic mass is 10.0. The van der Waals surface area contributed by atoms with Gasteiger partial charge in [0.05, 0.1) is 0 Å². The molecule has 0 saturated carbocycles. The summed E-state index contributed by atoms with van der Waals surface area (Å²) >= 11 is 0. The Balaban J connectivity index is 2.41. The summed E-state index contributed by atoms with van der Waals surface area (Å²) in [5, 5.41) is 2.19. The Labute approximate surface area is 74.7 Å². The van der Waals surface area contributed by atoms with Crippen molar-refractivity contribution in [1.82, 2.24) is 0 Å². The first-order valence-corrected chi connectivity index (χ1v) is 4.09. The Kier molecular flexibility index (Phi) is 1.08. The quantitative estimate of drug-likeness (QED) is 0.567. The molecule has 2 heteroatoms. The maximum atomic E-state index is 10.9. The van der Waals surface area contributed by atoms with E-state index in [1.54, 1.807) is 0 Å². The van der Waals surface area contributed by atoms with E-state index in [1.165, 1.54) is 0 Å². The van der Waals surface area contributed by atoms with E-state index in [1.807, 2.05) is 36.4 Å². The van der Waals surface area contributed by atoms with Gasteiger partial charge in [-0.3, -0.25) is 0 Å². The van der Waals surface area contributed by atoms with Gasteiger partial charge in [-0.15, -0.1) is 0 Å². The highest BCUT2D eigenvalue weighted by Crippen LogP contribution is 2.32. The van der Waals surface area contributed by atoms with Crippen molar-refractivity contribution in [3.05, 3.63) is 42.0 Å². The Morgan fingerprint density at radius 2 is 1.69 bits per heavy atom. The van der Waals surface area contributed by atoms with Crippen LogP contribution in [0.1, 0.15) is 10.4 Å². The summed E-state index contributed by atoms with van der Waals surface area (Å²) < 4.78 is 4.85. The number of carbonyl (C=O) groups excluding carboxylic acids is 1. The van der Waals surface area contributed by atoms with E-state index in [-0.39, 0.29) is 5.97 Å². The van der Waals surface area contributed by atoms with Crippen LogP contribution in [-0.2, 0) is 0 Å². The smallest absolute Gasteiger partial charge is 0.347 e. The molecule has 2 aromatic rings. The second-order valence-electron chi connectivity index (χ2n) is 3.09. The van der Waals surface area contributed by atoms with Gasteiger partial charge in [0.25, 0.3) is 0 Å². The van der Waals surface area contributed by atoms with Crippen molar-refractivity contribution >= 4 is 16.7 Å². The van der Waals surface area contributed by atoms with Crippen molar-refractivity contribution in [3.63, 3.8) is 0 Å². The molecule has 0 amide bonds. The number of carbonyl (C=O) groups is 1. The molecule has 1 heterocycles. The van der Waals surface area contributed by atoms with Crippen molar-refractivity contribution in [2.75, 3.05) is 0 Å². The number of hydrogen-bond acceptors (Lipinski definition) is 2. The average Bonchev–Trinajstić information content (AvgIpc) is 2.16. The third kappa shape index (κ3) is 0.798. The molecule has 0 aromatic heterocycles. The summed E-state index contributed by atoms with van der Waals surface area (Å²) in [4.78, 5) is 10.9. The van der Waals surface area contributed by atoms with Gasteiger partial charge in [-0.25, -0.2) is 4.79 Å². The molecule has 62 valence electrons. The third-order valence-corrected chi connectivity index (χ3v) is 2.27. The molecule has 0 atom stereocenters. The highest BCUT2D eigenvalue weighted by atomic mass is 16.6. The number of ether oxygens (including phenoxy) is 1. The molecular weight excluding hydrogens is 164 g/mol. The summed E-state index contributed by atoms with van der Waals surface area (Å²) in [6.07, 6.45) is 0. The molecule has 1 aliphatic rings. The van der Waals surface area contributed by atoms with Crippen LogP contribution in [0.2, 0.25) is 0 Å². The molecule has 0 saturated heterocycles. The highest BCUT2D eigenvalue weighted by molar-refractivity contribution is 6.05. The van der Waals surface area contributed by atoms with Crippen LogP contribution in [0.4, 0.5) is 0 Å². The van der Waals surface area contributed by atoms with Crippen LogP contribution >= 0.6 is 0 Å². The summed E-state index contributed by atoms with van der Waals surface area (Å²) in [7, 11) is 0. The fourth-order valence-corrected chi connectivity index (χ4v) is 1.57. The van der Waals surface area contributed by atoms with Crippen molar-refractivity contribution in [2.24, 2.45) is 0 Å². The van der Waals surface area contributed by atoms with Gasteiger partial charge in [-0.05, 0) is 22.9 Å². The molecule has 0 spiro atoms. The monoisotopic (exact) mass is 170 g/mol. The van der Waals surface area contributed by atoms with Gasteiger partial charge < -0.3 is 4.74 Å². The maximum Gasteiger partial charge on any atom is 0.347 e. The molecule has 3 rings (SSSR count). The number of esters is 1. The zero-order valence-corrected chi connectivity index (χ0v) is 6.78. The third-order valence-electron chi connectivity index (χ3n) is 2.27. The average molecular weight is 170 g/mol. The van der Waals surface area contributed by atoms with Crippen LogP contribution in [0, 0.1) is 0 Å². The lowest BCUT2D eigenvalue weighted by Crippen LogP contribution is -2.20. The second-order valence-corrected chi connectivity index (χ2v) is 3.09. The van der Waals surface area contributed by atoms with Gasteiger partial charge in [-0.2, -0.15) is 0 Å². The molecule has 2 aromatic carbocycles. The van der Waals surface area contributed by atoms with E-state index in [0.29, 0.717) is 11.3 Å². The van der Waals surface area contributed by atoms with Gasteiger partial charge in [0.1, 0.15) is 11.3 Å². The van der Waals surface area contributed by atoms with Crippen LogP contribution in [0.5, 0.6) is 5.75 Å². The minimum absolute atomic E-state index is 0.222. The lowest BCUT2D eigenvalue weighted by molar-refractivity contribution is 0.0659. The first-order chi connectivity index (χ1) is 6.34. The summed E-state index contributed by atoms with van der Waals surface area (Å²) in [5.74, 6) is 0.476. The molecule has 0 N–H and O–H groups in total. The Morgan fingerprint density at radius 3 is 2.38 bits per heavy atom. The Bertz CT molecular complexity index is 514. The maximum absolute atomic E-state index is 10.9. The van der Waals surface area contributed by atoms with Crippen molar-refractivity contribution in [1.29, 1.82) is 0 Å². The van der Waals surface area contributed by atoms with E-state index in [2.05, 4.69) is 0 Å². The van der Waals surface area contributed by atoms with Crippen LogP contribution in [-0.4, -0.2) is 5.97 Å². The van der Waals surface area contributed by atoms with Crippen molar-refractivity contribution in [2.45, 2.75) is 0 Å². The molecule has 0 radical (unpaired) electrons. The van der Waals surface area contributed by atoms with Crippen LogP contribution in [0.25, 0.3) is 10.8 Å². The highest BCUT2D eigenvalue weighted by Gasteiger charge is 2.25. The fourth-order valence-electron chi connectivity index (χ4n) is 1.57. The van der Waals surface area contributed by atoms with E-state index in [0.717, 1.165) is 10.8 Å². The molecule has 0 unspecified atom stereocenters. The van der Waals surface area contributed by atoms with Crippen LogP contribution in [0.3, 0.4) is 0 Å². The molecule has 0 fully saturated rings. The molecular formula is C11H6O2. The van der Waals surface area contributed by atoms with Crippen LogP contribution < -0.4 is 4.74 Å². The minimum atomic E-state index is -0.222. The number of rotatable bonds is 0. The summed E-state index contributed by atoms with van der Waals surface area (Å²) in [5.41, 5.74) is 0.693. The largest absolute Gasteiger partial charge is 0.422 e. The summed E-state index contributed by atoms with van der Waals surface area (Å²) in [6, 6.07) is 11.7. The zero-order valence-electron chi connectivity index (χ0n) is 6.78. The van der Waals surface area contributed by atoms with E-state index in [4.69, 9.17) is 4.74 Å². The van der Waals surface area contributed by atoms with Gasteiger partial charge in [0, 0.05) is 0 Å². The molecule has 1 aliphatic heterocycles. The van der Waals surface area contributed by atoms with Crippen molar-refractivity contribution < 1.29 is 9.53 Å². The lowest BCUT2D eigenvalue weighted by Gasteiger charge is -2.17. The van der Waals surface area contributed by atoms with Gasteiger partial charge in [0.15, 0.2) is 0 Å². The minimum Gasteiger partial charge on any atom is -0.422 e. The second kappa shape index (κ2) is 2.10. The predicted octanol–water partition coefficient (Wildman–Crippen LogP) is 2.37. The predicted molar refractivity (Wildman–Crippen MR) is 48.9 cm³/mol. The van der Waals surface area contributed by atoms with E-state index in [9.17, 15) is 4.79 Å². The van der Waals surface area contributed by atoms with Crippen LogP contribution in [0.15, 0.2) is 36.4 Å². The standard InChI is InChI=1S/C11H6O2/c12-11-9-5-7-3-1-2-4-8(7)6-10(9)13-11/h1-6H. The normalized spacial score (nSPS) is 13.4. The SMILES string of the molecule is O=C1Oc2cc3ccccc3cc21. The fraction of sp³-hybridized carbons (Fsp3) is 0. The van der Waals surface area contributed by atoms with E-state index >= 15 is 0 Å². The first kappa shape index (κ1) is 6.66. The van der Waals surface area contributed by atoms with Gasteiger partial charge in [0.2, 0.25) is 0 Å². The first-order valence-electron chi connectivity index (χ1n) is 4.09. The van der Waals surface area contributed by atoms with E-state index < -0.39 is 0 Å². The number of hydrogen-bond donors (Lipinski definition) is 0. The molecule has 2 nitrogen and oxygen atoms in total. The van der Waals surface area contributed by atoms with Crippen molar-refractivity contribution in [3.8, 4) is 5.75 Å². The Morgan fingerprint density at radius 1 is 1.00 bits per heavy atom. The molecule has 0 bridgehead atoms. The molecule has 13 heavy (non-hydrogen) atoms.